The van der Waals surface area contributed by atoms with Crippen LogP contribution in [0, 0.1) is 5.92 Å². The molecule has 0 aromatic heterocycles. The number of hydrogen-bond acceptors (Lipinski definition) is 3. The van der Waals surface area contributed by atoms with Crippen LogP contribution in [-0.2, 0) is 16.0 Å². The van der Waals surface area contributed by atoms with Crippen molar-refractivity contribution in [2.75, 3.05) is 13.1 Å². The molecule has 2 amide bonds. The largest absolute Gasteiger partial charge is 0.391 e. The number of fused-ring (bicyclic) bond motifs is 1. The number of aryl methyl sites for hydroxylation is 1. The third kappa shape index (κ3) is 3.36. The van der Waals surface area contributed by atoms with E-state index in [1.54, 1.807) is 4.90 Å². The number of carbonyl (C=O) groups is 2. The summed E-state index contributed by atoms with van der Waals surface area (Å²) in [6, 6.07) is 7.56. The van der Waals surface area contributed by atoms with Crippen LogP contribution in [0.3, 0.4) is 0 Å². The molecule has 1 saturated heterocycles. The summed E-state index contributed by atoms with van der Waals surface area (Å²) in [4.78, 5) is 26.1. The number of carbonyl (C=O) groups excluding carboxylic acids is 2. The standard InChI is InChI=1S/C19H24N2O3/c1-2-17(23)21-11-5-7-14(12-21)19(24)20-18-15-8-4-3-6-13(15)9-10-16(18)22/h2-4,6,8,14,16,18,22H,1,5,7,9-12H2,(H,20,24)/t14?,16-,18+/m1/s1. The van der Waals surface area contributed by atoms with Gasteiger partial charge in [-0.05, 0) is 42.9 Å². The fourth-order valence-corrected chi connectivity index (χ4v) is 3.71. The number of benzene rings is 1. The van der Waals surface area contributed by atoms with Gasteiger partial charge in [0.05, 0.1) is 18.1 Å². The predicted octanol–water partition coefficient (Wildman–Crippen LogP) is 1.58. The molecule has 1 aliphatic heterocycles. The van der Waals surface area contributed by atoms with E-state index in [-0.39, 0.29) is 23.8 Å². The van der Waals surface area contributed by atoms with Gasteiger partial charge in [-0.1, -0.05) is 30.8 Å². The first kappa shape index (κ1) is 16.7. The average Bonchev–Trinajstić information content (AvgIpc) is 2.63. The van der Waals surface area contributed by atoms with Crippen molar-refractivity contribution in [3.05, 3.63) is 48.0 Å². The number of rotatable bonds is 3. The van der Waals surface area contributed by atoms with Gasteiger partial charge < -0.3 is 15.3 Å². The normalized spacial score (nSPS) is 26.4. The lowest BCUT2D eigenvalue weighted by atomic mass is 9.85. The van der Waals surface area contributed by atoms with Crippen LogP contribution >= 0.6 is 0 Å². The van der Waals surface area contributed by atoms with Crippen LogP contribution in [0.15, 0.2) is 36.9 Å². The summed E-state index contributed by atoms with van der Waals surface area (Å²) in [5.74, 6) is -0.447. The molecule has 0 spiro atoms. The van der Waals surface area contributed by atoms with Crippen molar-refractivity contribution in [2.45, 2.75) is 37.8 Å². The van der Waals surface area contributed by atoms with Gasteiger partial charge in [-0.15, -0.1) is 0 Å². The van der Waals surface area contributed by atoms with Gasteiger partial charge in [0.2, 0.25) is 11.8 Å². The maximum absolute atomic E-state index is 12.7. The average molecular weight is 328 g/mol. The van der Waals surface area contributed by atoms with Crippen LogP contribution in [-0.4, -0.2) is 41.0 Å². The van der Waals surface area contributed by atoms with Gasteiger partial charge >= 0.3 is 0 Å². The minimum atomic E-state index is -0.571. The molecule has 24 heavy (non-hydrogen) atoms. The van der Waals surface area contributed by atoms with Crippen LogP contribution in [0.1, 0.15) is 36.4 Å². The van der Waals surface area contributed by atoms with Crippen molar-refractivity contribution in [2.24, 2.45) is 5.92 Å². The number of nitrogens with zero attached hydrogens (tertiary/aromatic N) is 1. The first-order chi connectivity index (χ1) is 11.6. The Bertz CT molecular complexity index is 643. The summed E-state index contributed by atoms with van der Waals surface area (Å²) in [7, 11) is 0. The highest BCUT2D eigenvalue weighted by molar-refractivity contribution is 5.88. The number of aliphatic hydroxyl groups is 1. The highest BCUT2D eigenvalue weighted by Gasteiger charge is 2.33. The second-order valence-electron chi connectivity index (χ2n) is 6.62. The highest BCUT2D eigenvalue weighted by Crippen LogP contribution is 2.30. The smallest absolute Gasteiger partial charge is 0.245 e. The third-order valence-electron chi connectivity index (χ3n) is 5.06. The van der Waals surface area contributed by atoms with Crippen molar-refractivity contribution in [3.63, 3.8) is 0 Å². The molecular formula is C19H24N2O3. The first-order valence-corrected chi connectivity index (χ1v) is 8.57. The molecule has 128 valence electrons. The molecule has 2 aliphatic rings. The van der Waals surface area contributed by atoms with Crippen LogP contribution in [0.5, 0.6) is 0 Å². The quantitative estimate of drug-likeness (QED) is 0.828. The van der Waals surface area contributed by atoms with E-state index in [0.29, 0.717) is 19.5 Å². The fourth-order valence-electron chi connectivity index (χ4n) is 3.71. The summed E-state index contributed by atoms with van der Waals surface area (Å²) in [6.07, 6.45) is 3.76. The monoisotopic (exact) mass is 328 g/mol. The SMILES string of the molecule is C=CC(=O)N1CCCC(C(=O)N[C@H]2c3ccccc3CC[C@H]2O)C1. The Morgan fingerprint density at radius 1 is 1.29 bits per heavy atom. The Morgan fingerprint density at radius 3 is 2.88 bits per heavy atom. The van der Waals surface area contributed by atoms with Crippen LogP contribution in [0.2, 0.25) is 0 Å². The van der Waals surface area contributed by atoms with E-state index in [1.807, 2.05) is 24.3 Å². The van der Waals surface area contributed by atoms with Gasteiger partial charge in [0.25, 0.3) is 0 Å². The minimum absolute atomic E-state index is 0.0858. The van der Waals surface area contributed by atoms with Crippen LogP contribution in [0.25, 0.3) is 0 Å². The van der Waals surface area contributed by atoms with Crippen molar-refractivity contribution < 1.29 is 14.7 Å². The van der Waals surface area contributed by atoms with Gasteiger partial charge in [0.15, 0.2) is 0 Å². The van der Waals surface area contributed by atoms with Gasteiger partial charge in [-0.2, -0.15) is 0 Å². The highest BCUT2D eigenvalue weighted by atomic mass is 16.3. The maximum atomic E-state index is 12.7. The van der Waals surface area contributed by atoms with Crippen LogP contribution in [0.4, 0.5) is 0 Å². The van der Waals surface area contributed by atoms with E-state index >= 15 is 0 Å². The molecule has 1 aromatic carbocycles. The molecular weight excluding hydrogens is 304 g/mol. The van der Waals surface area contributed by atoms with E-state index in [4.69, 9.17) is 0 Å². The number of piperidine rings is 1. The predicted molar refractivity (Wildman–Crippen MR) is 91.2 cm³/mol. The van der Waals surface area contributed by atoms with Crippen molar-refractivity contribution in [3.8, 4) is 0 Å². The topological polar surface area (TPSA) is 69.6 Å². The Labute approximate surface area is 142 Å². The molecule has 1 fully saturated rings. The molecule has 0 saturated carbocycles. The Balaban J connectivity index is 1.70. The zero-order chi connectivity index (χ0) is 17.1. The summed E-state index contributed by atoms with van der Waals surface area (Å²) < 4.78 is 0. The first-order valence-electron chi connectivity index (χ1n) is 8.57. The summed E-state index contributed by atoms with van der Waals surface area (Å²) in [5, 5.41) is 13.4. The summed E-state index contributed by atoms with van der Waals surface area (Å²) in [5.41, 5.74) is 2.18. The molecule has 3 rings (SSSR count). The van der Waals surface area contributed by atoms with E-state index in [1.165, 1.54) is 11.6 Å². The van der Waals surface area contributed by atoms with Gasteiger partial charge in [-0.25, -0.2) is 0 Å². The molecule has 3 atom stereocenters. The van der Waals surface area contributed by atoms with Gasteiger partial charge in [0, 0.05) is 13.1 Å². The van der Waals surface area contributed by atoms with E-state index < -0.39 is 6.10 Å². The molecule has 1 heterocycles. The molecule has 1 unspecified atom stereocenters. The zero-order valence-corrected chi connectivity index (χ0v) is 13.8. The van der Waals surface area contributed by atoms with E-state index in [2.05, 4.69) is 11.9 Å². The Morgan fingerprint density at radius 2 is 2.08 bits per heavy atom. The zero-order valence-electron chi connectivity index (χ0n) is 13.8. The summed E-state index contributed by atoms with van der Waals surface area (Å²) >= 11 is 0. The van der Waals surface area contributed by atoms with Crippen molar-refractivity contribution in [1.82, 2.24) is 10.2 Å². The van der Waals surface area contributed by atoms with E-state index in [9.17, 15) is 14.7 Å². The van der Waals surface area contributed by atoms with Gasteiger partial charge in [-0.3, -0.25) is 9.59 Å². The minimum Gasteiger partial charge on any atom is -0.391 e. The molecule has 2 N–H and O–H groups in total. The Kier molecular flexibility index (Phi) is 5.00. The lowest BCUT2D eigenvalue weighted by Gasteiger charge is -2.35. The second-order valence-corrected chi connectivity index (χ2v) is 6.62. The van der Waals surface area contributed by atoms with Crippen LogP contribution < -0.4 is 5.32 Å². The van der Waals surface area contributed by atoms with Crippen molar-refractivity contribution >= 4 is 11.8 Å². The molecule has 5 heteroatoms. The van der Waals surface area contributed by atoms with E-state index in [0.717, 1.165) is 24.8 Å². The number of aliphatic hydroxyl groups excluding tert-OH is 1. The number of amides is 2. The Hall–Kier alpha value is -2.14. The lowest BCUT2D eigenvalue weighted by molar-refractivity contribution is -0.133. The lowest BCUT2D eigenvalue weighted by Crippen LogP contribution is -2.47. The molecule has 5 nitrogen and oxygen atoms in total. The number of nitrogens with one attached hydrogen (secondary N) is 1. The second kappa shape index (κ2) is 7.18. The van der Waals surface area contributed by atoms with Crippen molar-refractivity contribution in [1.29, 1.82) is 0 Å². The molecule has 0 bridgehead atoms. The summed E-state index contributed by atoms with van der Waals surface area (Å²) in [6.45, 7) is 4.60. The molecule has 0 radical (unpaired) electrons. The third-order valence-corrected chi connectivity index (χ3v) is 5.06. The fraction of sp³-hybridized carbons (Fsp3) is 0.474. The number of likely N-dealkylation sites (tertiary alicyclic amines) is 1. The van der Waals surface area contributed by atoms with Gasteiger partial charge in [0.1, 0.15) is 0 Å². The maximum Gasteiger partial charge on any atom is 0.245 e. The molecule has 1 aromatic rings. The molecule has 1 aliphatic carbocycles. The number of hydrogen-bond donors (Lipinski definition) is 2.